The lowest BCUT2D eigenvalue weighted by molar-refractivity contribution is -0.115. The number of nitrogens with zero attached hydrogens (tertiary/aromatic N) is 2. The number of carbonyl (C=O) groups excluding carboxylic acids is 2. The van der Waals surface area contributed by atoms with Crippen LogP contribution in [0.15, 0.2) is 54.6 Å². The summed E-state index contributed by atoms with van der Waals surface area (Å²) in [5, 5.41) is 5.23. The SMILES string of the molecule is O=C(CNC(=O)N1CCN(c2ccccc2)CC1)Nc1ccc(F)cc1. The first-order valence-corrected chi connectivity index (χ1v) is 8.50. The minimum atomic E-state index is -0.369. The van der Waals surface area contributed by atoms with Crippen molar-refractivity contribution < 1.29 is 14.0 Å². The zero-order chi connectivity index (χ0) is 18.4. The number of urea groups is 1. The van der Waals surface area contributed by atoms with E-state index in [4.69, 9.17) is 0 Å². The number of nitrogens with one attached hydrogen (secondary N) is 2. The van der Waals surface area contributed by atoms with Crippen LogP contribution < -0.4 is 15.5 Å². The molecule has 2 N–H and O–H groups in total. The maximum Gasteiger partial charge on any atom is 0.317 e. The Kier molecular flexibility index (Phi) is 5.68. The fraction of sp³-hybridized carbons (Fsp3) is 0.263. The Morgan fingerprint density at radius 3 is 2.23 bits per heavy atom. The van der Waals surface area contributed by atoms with Crippen molar-refractivity contribution >= 4 is 23.3 Å². The number of hydrogen-bond donors (Lipinski definition) is 2. The maximum atomic E-state index is 12.8. The lowest BCUT2D eigenvalue weighted by atomic mass is 10.2. The molecule has 0 bridgehead atoms. The number of amides is 3. The van der Waals surface area contributed by atoms with Crippen molar-refractivity contribution in [3.8, 4) is 0 Å². The monoisotopic (exact) mass is 356 g/mol. The molecule has 1 fully saturated rings. The van der Waals surface area contributed by atoms with Crippen molar-refractivity contribution in [2.75, 3.05) is 42.9 Å². The van der Waals surface area contributed by atoms with E-state index in [2.05, 4.69) is 27.7 Å². The predicted molar refractivity (Wildman–Crippen MR) is 98.7 cm³/mol. The first-order valence-electron chi connectivity index (χ1n) is 8.50. The molecule has 0 saturated carbocycles. The fourth-order valence-electron chi connectivity index (χ4n) is 2.81. The smallest absolute Gasteiger partial charge is 0.317 e. The molecule has 26 heavy (non-hydrogen) atoms. The standard InChI is InChI=1S/C19H21FN4O2/c20-15-6-8-16(9-7-15)22-18(25)14-21-19(26)24-12-10-23(11-13-24)17-4-2-1-3-5-17/h1-9H,10-14H2,(H,21,26)(H,22,25). The van der Waals surface area contributed by atoms with Gasteiger partial charge in [-0.05, 0) is 36.4 Å². The highest BCUT2D eigenvalue weighted by Gasteiger charge is 2.21. The average Bonchev–Trinajstić information content (AvgIpc) is 2.69. The summed E-state index contributed by atoms with van der Waals surface area (Å²) in [5.74, 6) is -0.723. The molecule has 0 unspecified atom stereocenters. The number of carbonyl (C=O) groups is 2. The fourth-order valence-corrected chi connectivity index (χ4v) is 2.81. The Morgan fingerprint density at radius 1 is 0.923 bits per heavy atom. The molecule has 1 saturated heterocycles. The van der Waals surface area contributed by atoms with E-state index in [0.29, 0.717) is 18.8 Å². The minimum absolute atomic E-state index is 0.130. The highest BCUT2D eigenvalue weighted by atomic mass is 19.1. The van der Waals surface area contributed by atoms with Crippen molar-refractivity contribution in [1.29, 1.82) is 0 Å². The van der Waals surface area contributed by atoms with E-state index in [1.54, 1.807) is 4.90 Å². The minimum Gasteiger partial charge on any atom is -0.368 e. The van der Waals surface area contributed by atoms with E-state index in [1.807, 2.05) is 18.2 Å². The Bertz CT molecular complexity index is 744. The first-order chi connectivity index (χ1) is 12.6. The third-order valence-electron chi connectivity index (χ3n) is 4.22. The molecular weight excluding hydrogens is 335 g/mol. The average molecular weight is 356 g/mol. The van der Waals surface area contributed by atoms with Crippen molar-refractivity contribution in [2.45, 2.75) is 0 Å². The molecular formula is C19H21FN4O2. The highest BCUT2D eigenvalue weighted by Crippen LogP contribution is 2.15. The molecule has 0 aromatic heterocycles. The van der Waals surface area contributed by atoms with Gasteiger partial charge in [0, 0.05) is 37.6 Å². The second-order valence-electron chi connectivity index (χ2n) is 6.02. The van der Waals surface area contributed by atoms with Crippen LogP contribution in [0.5, 0.6) is 0 Å². The van der Waals surface area contributed by atoms with Gasteiger partial charge >= 0.3 is 6.03 Å². The lowest BCUT2D eigenvalue weighted by Crippen LogP contribution is -2.52. The third-order valence-corrected chi connectivity index (χ3v) is 4.22. The Hall–Kier alpha value is -3.09. The van der Waals surface area contributed by atoms with E-state index in [9.17, 15) is 14.0 Å². The Morgan fingerprint density at radius 2 is 1.58 bits per heavy atom. The van der Waals surface area contributed by atoms with Gasteiger partial charge < -0.3 is 20.4 Å². The van der Waals surface area contributed by atoms with Gasteiger partial charge in [0.15, 0.2) is 0 Å². The van der Waals surface area contributed by atoms with E-state index in [1.165, 1.54) is 24.3 Å². The van der Waals surface area contributed by atoms with Gasteiger partial charge in [-0.2, -0.15) is 0 Å². The van der Waals surface area contributed by atoms with E-state index >= 15 is 0 Å². The van der Waals surface area contributed by atoms with Crippen molar-refractivity contribution in [3.63, 3.8) is 0 Å². The van der Waals surface area contributed by atoms with Gasteiger partial charge in [0.2, 0.25) is 5.91 Å². The van der Waals surface area contributed by atoms with Gasteiger partial charge in [-0.1, -0.05) is 18.2 Å². The number of benzene rings is 2. The summed E-state index contributed by atoms with van der Waals surface area (Å²) in [6.45, 7) is 2.56. The molecule has 0 radical (unpaired) electrons. The molecule has 1 heterocycles. The molecule has 0 spiro atoms. The molecule has 136 valence electrons. The van der Waals surface area contributed by atoms with Crippen LogP contribution in [0.2, 0.25) is 0 Å². The molecule has 2 aromatic rings. The number of anilines is 2. The van der Waals surface area contributed by atoms with Crippen LogP contribution in [0, 0.1) is 5.82 Å². The quantitative estimate of drug-likeness (QED) is 0.884. The lowest BCUT2D eigenvalue weighted by Gasteiger charge is -2.36. The zero-order valence-corrected chi connectivity index (χ0v) is 14.3. The second-order valence-corrected chi connectivity index (χ2v) is 6.02. The summed E-state index contributed by atoms with van der Waals surface area (Å²) >= 11 is 0. The van der Waals surface area contributed by atoms with E-state index < -0.39 is 0 Å². The summed E-state index contributed by atoms with van der Waals surface area (Å²) in [5.41, 5.74) is 1.63. The van der Waals surface area contributed by atoms with Crippen LogP contribution in [-0.2, 0) is 4.79 Å². The van der Waals surface area contributed by atoms with Gasteiger partial charge in [0.1, 0.15) is 5.82 Å². The van der Waals surface area contributed by atoms with Gasteiger partial charge in [-0.15, -0.1) is 0 Å². The number of halogens is 1. The number of para-hydroxylation sites is 1. The van der Waals surface area contributed by atoms with Crippen LogP contribution in [0.25, 0.3) is 0 Å². The second kappa shape index (κ2) is 8.33. The molecule has 3 amide bonds. The molecule has 0 atom stereocenters. The molecule has 6 nitrogen and oxygen atoms in total. The van der Waals surface area contributed by atoms with Crippen LogP contribution >= 0.6 is 0 Å². The van der Waals surface area contributed by atoms with Crippen LogP contribution in [-0.4, -0.2) is 49.6 Å². The summed E-state index contributed by atoms with van der Waals surface area (Å²) in [7, 11) is 0. The summed E-state index contributed by atoms with van der Waals surface area (Å²) in [4.78, 5) is 28.0. The van der Waals surface area contributed by atoms with Gasteiger partial charge in [-0.25, -0.2) is 9.18 Å². The topological polar surface area (TPSA) is 64.7 Å². The van der Waals surface area contributed by atoms with Gasteiger partial charge in [-0.3, -0.25) is 4.79 Å². The van der Waals surface area contributed by atoms with E-state index in [-0.39, 0.29) is 24.3 Å². The van der Waals surface area contributed by atoms with Crippen LogP contribution in [0.4, 0.5) is 20.6 Å². The van der Waals surface area contributed by atoms with E-state index in [0.717, 1.165) is 18.8 Å². The maximum absolute atomic E-state index is 12.8. The Balaban J connectivity index is 1.41. The largest absolute Gasteiger partial charge is 0.368 e. The zero-order valence-electron chi connectivity index (χ0n) is 14.3. The van der Waals surface area contributed by atoms with Crippen molar-refractivity contribution in [3.05, 3.63) is 60.4 Å². The predicted octanol–water partition coefficient (Wildman–Crippen LogP) is 2.30. The molecule has 1 aliphatic rings. The third kappa shape index (κ3) is 4.72. The summed E-state index contributed by atoms with van der Waals surface area (Å²) in [6, 6.07) is 15.3. The molecule has 7 heteroatoms. The number of rotatable bonds is 4. The summed E-state index contributed by atoms with van der Waals surface area (Å²) < 4.78 is 12.8. The van der Waals surface area contributed by atoms with Crippen LogP contribution in [0.3, 0.4) is 0 Å². The Labute approximate surface area is 151 Å². The van der Waals surface area contributed by atoms with Gasteiger partial charge in [0.25, 0.3) is 0 Å². The van der Waals surface area contributed by atoms with Crippen molar-refractivity contribution in [2.24, 2.45) is 0 Å². The number of hydrogen-bond acceptors (Lipinski definition) is 3. The van der Waals surface area contributed by atoms with Crippen molar-refractivity contribution in [1.82, 2.24) is 10.2 Å². The van der Waals surface area contributed by atoms with Gasteiger partial charge in [0.05, 0.1) is 6.54 Å². The highest BCUT2D eigenvalue weighted by molar-refractivity contribution is 5.94. The molecule has 3 rings (SSSR count). The van der Waals surface area contributed by atoms with Crippen LogP contribution in [0.1, 0.15) is 0 Å². The summed E-state index contributed by atoms with van der Waals surface area (Å²) in [6.07, 6.45) is 0. The molecule has 1 aliphatic heterocycles. The normalized spacial score (nSPS) is 14.0. The number of piperazine rings is 1. The molecule has 0 aliphatic carbocycles. The molecule has 2 aromatic carbocycles. The first kappa shape index (κ1) is 17.7.